The number of nitrogens with one attached hydrogen (secondary N) is 2. The molecule has 2 aromatic carbocycles. The average Bonchev–Trinajstić information content (AvgIpc) is 2.77. The van der Waals surface area contributed by atoms with E-state index in [0.29, 0.717) is 11.3 Å². The molecule has 2 atom stereocenters. The van der Waals surface area contributed by atoms with Crippen molar-refractivity contribution in [3.05, 3.63) is 64.7 Å². The number of nitrogens with zero attached hydrogens (tertiary/aromatic N) is 1. The highest BCUT2D eigenvalue weighted by molar-refractivity contribution is 6.00. The van der Waals surface area contributed by atoms with Gasteiger partial charge in [-0.25, -0.2) is 4.79 Å². The van der Waals surface area contributed by atoms with E-state index in [0.717, 1.165) is 21.6 Å². The number of hydrogen-bond acceptors (Lipinski definition) is 6. The van der Waals surface area contributed by atoms with Crippen LogP contribution in [0.1, 0.15) is 55.5 Å². The smallest absolute Gasteiger partial charge is 0.408 e. The number of carbonyl (C=O) groups excluding carboxylic acids is 4. The molecule has 0 heterocycles. The lowest BCUT2D eigenvalue weighted by Crippen LogP contribution is -2.54. The van der Waals surface area contributed by atoms with Crippen LogP contribution in [0.25, 0.3) is 0 Å². The van der Waals surface area contributed by atoms with Gasteiger partial charge in [0, 0.05) is 12.2 Å². The van der Waals surface area contributed by atoms with Crippen LogP contribution in [0, 0.1) is 20.8 Å². The lowest BCUT2D eigenvalue weighted by Gasteiger charge is -2.34. The summed E-state index contributed by atoms with van der Waals surface area (Å²) in [6.07, 6.45) is -1.45. The third kappa shape index (κ3) is 8.88. The van der Waals surface area contributed by atoms with Crippen LogP contribution in [-0.2, 0) is 19.1 Å². The summed E-state index contributed by atoms with van der Waals surface area (Å²) in [5.41, 5.74) is 8.14. The first-order valence-electron chi connectivity index (χ1n) is 12.4. The zero-order chi connectivity index (χ0) is 28.6. The Morgan fingerprint density at radius 1 is 1.03 bits per heavy atom. The van der Waals surface area contributed by atoms with E-state index in [-0.39, 0.29) is 6.54 Å². The lowest BCUT2D eigenvalue weighted by atomic mass is 9.98. The van der Waals surface area contributed by atoms with Crippen molar-refractivity contribution < 1.29 is 29.0 Å². The molecule has 4 amide bonds. The molecule has 2 rings (SSSR count). The van der Waals surface area contributed by atoms with Gasteiger partial charge in [0.1, 0.15) is 17.7 Å². The number of aliphatic hydroxyl groups excluding tert-OH is 1. The number of hydrogen-bond donors (Lipinski definition) is 4. The number of benzene rings is 2. The minimum Gasteiger partial charge on any atom is -0.444 e. The Hall–Kier alpha value is -3.92. The average molecular weight is 527 g/mol. The topological polar surface area (TPSA) is 151 Å². The van der Waals surface area contributed by atoms with E-state index in [1.54, 1.807) is 45.0 Å². The first-order valence-corrected chi connectivity index (χ1v) is 12.4. The Balaban J connectivity index is 2.56. The van der Waals surface area contributed by atoms with Gasteiger partial charge in [-0.3, -0.25) is 14.4 Å². The minimum atomic E-state index is -1.42. The number of amides is 4. The van der Waals surface area contributed by atoms with Crippen molar-refractivity contribution in [1.82, 2.24) is 10.2 Å². The molecule has 5 N–H and O–H groups in total. The first-order chi connectivity index (χ1) is 17.7. The van der Waals surface area contributed by atoms with Crippen LogP contribution < -0.4 is 16.4 Å². The summed E-state index contributed by atoms with van der Waals surface area (Å²) in [6, 6.07) is 10.1. The molecule has 0 aromatic heterocycles. The van der Waals surface area contributed by atoms with Crippen LogP contribution in [0.15, 0.2) is 42.5 Å². The van der Waals surface area contributed by atoms with E-state index in [1.807, 2.05) is 39.0 Å². The molecule has 206 valence electrons. The Kier molecular flexibility index (Phi) is 10.4. The SMILES string of the molecule is Cc1cc(C)cc(C(C(=O)Nc2ccccc2C)N(CCO)C(=O)C(CC(N)=O)NC(=O)OC(C)(C)C)c1. The van der Waals surface area contributed by atoms with Gasteiger partial charge in [0.05, 0.1) is 13.0 Å². The van der Waals surface area contributed by atoms with Crippen molar-refractivity contribution in [3.63, 3.8) is 0 Å². The molecular weight excluding hydrogens is 488 g/mol. The van der Waals surface area contributed by atoms with Crippen LogP contribution in [0.3, 0.4) is 0 Å². The fraction of sp³-hybridized carbons (Fsp3) is 0.429. The highest BCUT2D eigenvalue weighted by Gasteiger charge is 2.37. The number of rotatable bonds is 10. The van der Waals surface area contributed by atoms with Crippen LogP contribution in [0.5, 0.6) is 0 Å². The predicted molar refractivity (Wildman–Crippen MR) is 144 cm³/mol. The van der Waals surface area contributed by atoms with E-state index < -0.39 is 54.5 Å². The fourth-order valence-corrected chi connectivity index (χ4v) is 4.08. The van der Waals surface area contributed by atoms with Gasteiger partial charge in [0.15, 0.2) is 0 Å². The van der Waals surface area contributed by atoms with E-state index in [1.165, 1.54) is 0 Å². The van der Waals surface area contributed by atoms with Crippen molar-refractivity contribution in [2.75, 3.05) is 18.5 Å². The van der Waals surface area contributed by atoms with Gasteiger partial charge >= 0.3 is 6.09 Å². The maximum Gasteiger partial charge on any atom is 0.408 e. The number of alkyl carbamates (subject to hydrolysis) is 1. The minimum absolute atomic E-state index is 0.247. The standard InChI is InChI=1S/C28H38N4O6/c1-17-13-18(2)15-20(14-17)24(25(35)30-21-10-8-7-9-19(21)3)32(11-12-33)26(36)22(16-23(29)34)31-27(37)38-28(4,5)6/h7-10,13-15,22,24,33H,11-12,16H2,1-6H3,(H2,29,34)(H,30,35)(H,31,37). The van der Waals surface area contributed by atoms with Crippen molar-refractivity contribution in [1.29, 1.82) is 0 Å². The van der Waals surface area contributed by atoms with Gasteiger partial charge in [-0.05, 0) is 58.7 Å². The predicted octanol–water partition coefficient (Wildman–Crippen LogP) is 2.88. The molecule has 38 heavy (non-hydrogen) atoms. The number of nitrogens with two attached hydrogens (primary N) is 1. The molecule has 2 aromatic rings. The van der Waals surface area contributed by atoms with Crippen molar-refractivity contribution in [2.24, 2.45) is 5.73 Å². The molecule has 0 saturated carbocycles. The number of para-hydroxylation sites is 1. The summed E-state index contributed by atoms with van der Waals surface area (Å²) in [5, 5.41) is 15.2. The van der Waals surface area contributed by atoms with Crippen molar-refractivity contribution >= 4 is 29.5 Å². The molecule has 0 radical (unpaired) electrons. The molecule has 0 aliphatic carbocycles. The molecule has 0 aliphatic heterocycles. The summed E-state index contributed by atoms with van der Waals surface area (Å²) in [5.74, 6) is -2.13. The highest BCUT2D eigenvalue weighted by Crippen LogP contribution is 2.27. The van der Waals surface area contributed by atoms with Crippen LogP contribution >= 0.6 is 0 Å². The molecule has 0 aliphatic rings. The summed E-state index contributed by atoms with van der Waals surface area (Å²) >= 11 is 0. The largest absolute Gasteiger partial charge is 0.444 e. The Labute approximate surface area is 223 Å². The number of aliphatic hydroxyl groups is 1. The van der Waals surface area contributed by atoms with E-state index >= 15 is 0 Å². The number of carbonyl (C=O) groups is 4. The zero-order valence-electron chi connectivity index (χ0n) is 22.8. The van der Waals surface area contributed by atoms with Crippen LogP contribution in [0.4, 0.5) is 10.5 Å². The Bertz CT molecular complexity index is 1150. The molecule has 0 spiro atoms. The quantitative estimate of drug-likeness (QED) is 0.374. The van der Waals surface area contributed by atoms with Crippen LogP contribution in [-0.4, -0.2) is 58.6 Å². The maximum atomic E-state index is 13.8. The number of primary amides is 1. The lowest BCUT2D eigenvalue weighted by molar-refractivity contribution is -0.142. The van der Waals surface area contributed by atoms with E-state index in [4.69, 9.17) is 10.5 Å². The van der Waals surface area contributed by atoms with Gasteiger partial charge in [-0.1, -0.05) is 47.5 Å². The molecule has 10 nitrogen and oxygen atoms in total. The Morgan fingerprint density at radius 2 is 1.63 bits per heavy atom. The van der Waals surface area contributed by atoms with Crippen molar-refractivity contribution in [2.45, 2.75) is 65.6 Å². The fourth-order valence-electron chi connectivity index (χ4n) is 4.08. The molecule has 0 bridgehead atoms. The maximum absolute atomic E-state index is 13.8. The summed E-state index contributed by atoms with van der Waals surface area (Å²) in [4.78, 5) is 53.1. The van der Waals surface area contributed by atoms with Gasteiger partial charge in [0.25, 0.3) is 5.91 Å². The van der Waals surface area contributed by atoms with Gasteiger partial charge in [-0.2, -0.15) is 0 Å². The van der Waals surface area contributed by atoms with Gasteiger partial charge < -0.3 is 31.1 Å². The van der Waals surface area contributed by atoms with Gasteiger partial charge in [-0.15, -0.1) is 0 Å². The summed E-state index contributed by atoms with van der Waals surface area (Å²) < 4.78 is 5.25. The van der Waals surface area contributed by atoms with Gasteiger partial charge in [0.2, 0.25) is 11.8 Å². The summed E-state index contributed by atoms with van der Waals surface area (Å²) in [6.45, 7) is 9.82. The highest BCUT2D eigenvalue weighted by atomic mass is 16.6. The monoisotopic (exact) mass is 526 g/mol. The van der Waals surface area contributed by atoms with E-state index in [2.05, 4.69) is 10.6 Å². The third-order valence-electron chi connectivity index (χ3n) is 5.54. The van der Waals surface area contributed by atoms with E-state index in [9.17, 15) is 24.3 Å². The summed E-state index contributed by atoms with van der Waals surface area (Å²) in [7, 11) is 0. The normalized spacial score (nSPS) is 12.7. The number of aryl methyl sites for hydroxylation is 3. The molecule has 10 heteroatoms. The molecule has 0 fully saturated rings. The molecule has 0 saturated heterocycles. The third-order valence-corrected chi connectivity index (χ3v) is 5.54. The first kappa shape index (κ1) is 30.3. The second-order valence-electron chi connectivity index (χ2n) is 10.3. The molecular formula is C28H38N4O6. The number of anilines is 1. The zero-order valence-corrected chi connectivity index (χ0v) is 22.8. The second kappa shape index (κ2) is 13.0. The Morgan fingerprint density at radius 3 is 2.16 bits per heavy atom. The molecule has 2 unspecified atom stereocenters. The second-order valence-corrected chi connectivity index (χ2v) is 10.3. The number of ether oxygens (including phenoxy) is 1. The van der Waals surface area contributed by atoms with Crippen molar-refractivity contribution in [3.8, 4) is 0 Å². The van der Waals surface area contributed by atoms with Crippen LogP contribution in [0.2, 0.25) is 0 Å².